The number of pyridine rings is 1. The summed E-state index contributed by atoms with van der Waals surface area (Å²) in [5, 5.41) is 12.3. The van der Waals surface area contributed by atoms with Crippen molar-refractivity contribution in [3.05, 3.63) is 152 Å². The molecule has 0 unspecified atom stereocenters. The summed E-state index contributed by atoms with van der Waals surface area (Å²) in [6, 6.07) is 53.5. The van der Waals surface area contributed by atoms with Crippen LogP contribution >= 0.6 is 0 Å². The molecule has 0 spiro atoms. The lowest BCUT2D eigenvalue weighted by atomic mass is 9.85. The molecule has 3 heteroatoms. The Bertz CT molecular complexity index is 3060. The van der Waals surface area contributed by atoms with Crippen LogP contribution in [0.15, 0.2) is 160 Å². The summed E-state index contributed by atoms with van der Waals surface area (Å²) < 4.78 is 13.2. The lowest BCUT2D eigenvalue weighted by molar-refractivity contribution is 0.667. The highest BCUT2D eigenvalue weighted by molar-refractivity contribution is 6.32. The first-order valence-corrected chi connectivity index (χ1v) is 16.3. The zero-order valence-corrected chi connectivity index (χ0v) is 25.7. The summed E-state index contributed by atoms with van der Waals surface area (Å²) in [5.74, 6) is 0. The number of hydrogen-bond donors (Lipinski definition) is 0. The number of furan rings is 2. The van der Waals surface area contributed by atoms with Gasteiger partial charge in [0.2, 0.25) is 0 Å². The summed E-state index contributed by atoms with van der Waals surface area (Å²) in [6.45, 7) is 0. The van der Waals surface area contributed by atoms with Gasteiger partial charge in [0.05, 0.1) is 22.0 Å². The second-order valence-corrected chi connectivity index (χ2v) is 12.6. The quantitative estimate of drug-likeness (QED) is 0.183. The molecule has 0 amide bonds. The minimum atomic E-state index is 0.829. The molecule has 0 saturated carbocycles. The van der Waals surface area contributed by atoms with E-state index in [1.165, 1.54) is 32.7 Å². The average Bonchev–Trinajstić information content (AvgIpc) is 3.73. The van der Waals surface area contributed by atoms with Crippen LogP contribution in [0.5, 0.6) is 0 Å². The molecule has 3 nitrogen and oxygen atoms in total. The molecule has 0 bridgehead atoms. The molecule has 0 N–H and O–H groups in total. The summed E-state index contributed by atoms with van der Waals surface area (Å²) in [5.41, 5.74) is 8.74. The number of aromatic nitrogens is 1. The number of nitrogens with zero attached hydrogens (tertiary/aromatic N) is 1. The molecule has 0 aliphatic heterocycles. The maximum absolute atomic E-state index is 6.84. The summed E-state index contributed by atoms with van der Waals surface area (Å²) in [4.78, 5) is 5.58. The van der Waals surface area contributed by atoms with Crippen molar-refractivity contribution in [2.45, 2.75) is 0 Å². The number of fused-ring (bicyclic) bond motifs is 12. The van der Waals surface area contributed by atoms with Crippen molar-refractivity contribution in [2.24, 2.45) is 0 Å². The van der Waals surface area contributed by atoms with E-state index in [2.05, 4.69) is 127 Å². The van der Waals surface area contributed by atoms with Gasteiger partial charge in [0.15, 0.2) is 0 Å². The van der Waals surface area contributed by atoms with Gasteiger partial charge in [0, 0.05) is 21.7 Å². The van der Waals surface area contributed by atoms with Crippen molar-refractivity contribution in [3.8, 4) is 22.4 Å². The van der Waals surface area contributed by atoms with E-state index in [4.69, 9.17) is 13.8 Å². The minimum Gasteiger partial charge on any atom is -0.456 e. The van der Waals surface area contributed by atoms with Gasteiger partial charge >= 0.3 is 0 Å². The van der Waals surface area contributed by atoms with Crippen molar-refractivity contribution < 1.29 is 8.83 Å². The van der Waals surface area contributed by atoms with Gasteiger partial charge < -0.3 is 8.83 Å². The fraction of sp³-hybridized carbons (Fsp3) is 0. The van der Waals surface area contributed by atoms with E-state index in [-0.39, 0.29) is 0 Å². The third-order valence-corrected chi connectivity index (χ3v) is 10.0. The number of benzene rings is 8. The first-order valence-electron chi connectivity index (χ1n) is 16.3. The third kappa shape index (κ3) is 3.40. The van der Waals surface area contributed by atoms with Gasteiger partial charge in [-0.1, -0.05) is 127 Å². The van der Waals surface area contributed by atoms with Crippen LogP contribution in [0.3, 0.4) is 0 Å². The van der Waals surface area contributed by atoms with Crippen LogP contribution in [-0.4, -0.2) is 4.98 Å². The van der Waals surface area contributed by atoms with Crippen LogP contribution in [0.1, 0.15) is 0 Å². The van der Waals surface area contributed by atoms with E-state index >= 15 is 0 Å². The Morgan fingerprint density at radius 2 is 0.896 bits per heavy atom. The molecule has 0 aliphatic carbocycles. The normalized spacial score (nSPS) is 12.2. The van der Waals surface area contributed by atoms with Crippen molar-refractivity contribution in [1.82, 2.24) is 4.98 Å². The molecule has 3 aromatic heterocycles. The molecule has 8 aromatic carbocycles. The van der Waals surface area contributed by atoms with Crippen molar-refractivity contribution in [2.75, 3.05) is 0 Å². The van der Waals surface area contributed by atoms with Crippen molar-refractivity contribution >= 4 is 87.1 Å². The van der Waals surface area contributed by atoms with Crippen LogP contribution < -0.4 is 0 Å². The van der Waals surface area contributed by atoms with E-state index in [1.54, 1.807) is 0 Å². The zero-order chi connectivity index (χ0) is 31.3. The first-order chi connectivity index (χ1) is 23.8. The Morgan fingerprint density at radius 1 is 0.354 bits per heavy atom. The molecule has 0 atom stereocenters. The molecular weight excluding hydrogens is 587 g/mol. The van der Waals surface area contributed by atoms with Crippen LogP contribution in [0.2, 0.25) is 0 Å². The van der Waals surface area contributed by atoms with E-state index < -0.39 is 0 Å². The molecule has 11 rings (SSSR count). The summed E-state index contributed by atoms with van der Waals surface area (Å²) >= 11 is 0. The van der Waals surface area contributed by atoms with Gasteiger partial charge in [-0.25, -0.2) is 4.98 Å². The lowest BCUT2D eigenvalue weighted by Crippen LogP contribution is -1.94. The van der Waals surface area contributed by atoms with Gasteiger partial charge in [-0.15, -0.1) is 0 Å². The molecule has 48 heavy (non-hydrogen) atoms. The van der Waals surface area contributed by atoms with E-state index in [1.807, 2.05) is 24.3 Å². The van der Waals surface area contributed by atoms with E-state index in [0.717, 1.165) is 76.8 Å². The Hall–Kier alpha value is -6.45. The van der Waals surface area contributed by atoms with Crippen LogP contribution in [0, 0.1) is 0 Å². The van der Waals surface area contributed by atoms with Crippen LogP contribution in [0.25, 0.3) is 109 Å². The summed E-state index contributed by atoms with van der Waals surface area (Å²) in [7, 11) is 0. The number of rotatable bonds is 2. The number of para-hydroxylation sites is 2. The Balaban J connectivity index is 1.36. The first kappa shape index (κ1) is 25.7. The van der Waals surface area contributed by atoms with Crippen molar-refractivity contribution in [1.29, 1.82) is 0 Å². The number of hydrogen-bond acceptors (Lipinski definition) is 3. The zero-order valence-electron chi connectivity index (χ0n) is 25.7. The largest absolute Gasteiger partial charge is 0.456 e. The molecule has 0 aliphatic rings. The third-order valence-electron chi connectivity index (χ3n) is 10.0. The molecule has 11 aromatic rings. The highest BCUT2D eigenvalue weighted by Crippen LogP contribution is 2.49. The molecule has 3 heterocycles. The Morgan fingerprint density at radius 3 is 1.60 bits per heavy atom. The van der Waals surface area contributed by atoms with E-state index in [9.17, 15) is 0 Å². The fourth-order valence-corrected chi connectivity index (χ4v) is 8.06. The molecule has 0 fully saturated rings. The topological polar surface area (TPSA) is 39.2 Å². The molecule has 222 valence electrons. The van der Waals surface area contributed by atoms with Crippen LogP contribution in [0.4, 0.5) is 0 Å². The second-order valence-electron chi connectivity index (χ2n) is 12.6. The highest BCUT2D eigenvalue weighted by Gasteiger charge is 2.25. The fourth-order valence-electron chi connectivity index (χ4n) is 8.06. The predicted molar refractivity (Wildman–Crippen MR) is 200 cm³/mol. The maximum atomic E-state index is 6.84. The lowest BCUT2D eigenvalue weighted by Gasteiger charge is -2.19. The predicted octanol–water partition coefficient (Wildman–Crippen LogP) is 12.8. The standard InChI is InChI=1S/C45H25NO2/c1-2-14-27-26(12-1)13-11-21-28(27)39-29-15-3-5-17-31(29)40(32-18-6-4-16-30(32)39)44-42-34-20-8-10-23-37(34)48-45(42)43-35(46-44)24-25-38-41(43)33-19-7-9-22-36(33)47-38/h1-25H. The van der Waals surface area contributed by atoms with Crippen molar-refractivity contribution in [3.63, 3.8) is 0 Å². The Labute approximate surface area is 274 Å². The second kappa shape index (κ2) is 9.54. The minimum absolute atomic E-state index is 0.829. The van der Waals surface area contributed by atoms with Gasteiger partial charge in [-0.2, -0.15) is 0 Å². The monoisotopic (exact) mass is 611 g/mol. The molecule has 0 saturated heterocycles. The summed E-state index contributed by atoms with van der Waals surface area (Å²) in [6.07, 6.45) is 0. The molecule has 0 radical (unpaired) electrons. The molecular formula is C45H25NO2. The van der Waals surface area contributed by atoms with Crippen LogP contribution in [-0.2, 0) is 0 Å². The SMILES string of the molecule is c1ccc2c(-c3c4ccccc4c(-c4nc5ccc6oc7ccccc7c6c5c5oc6ccccc6c45)c4ccccc34)cccc2c1. The maximum Gasteiger partial charge on any atom is 0.147 e. The van der Waals surface area contributed by atoms with Gasteiger partial charge in [-0.3, -0.25) is 0 Å². The Kier molecular flexibility index (Phi) is 5.11. The smallest absolute Gasteiger partial charge is 0.147 e. The van der Waals surface area contributed by atoms with Gasteiger partial charge in [0.1, 0.15) is 22.3 Å². The van der Waals surface area contributed by atoms with Gasteiger partial charge in [0.25, 0.3) is 0 Å². The highest BCUT2D eigenvalue weighted by atomic mass is 16.3. The van der Waals surface area contributed by atoms with E-state index in [0.29, 0.717) is 0 Å². The van der Waals surface area contributed by atoms with Gasteiger partial charge in [-0.05, 0) is 67.7 Å². The average molecular weight is 612 g/mol.